The average molecular weight is 308 g/mol. The maximum Gasteiger partial charge on any atom is 0.410 e. The number of carbonyl (C=O) groups is 1. The van der Waals surface area contributed by atoms with Crippen molar-refractivity contribution in [2.24, 2.45) is 0 Å². The van der Waals surface area contributed by atoms with Gasteiger partial charge in [-0.15, -0.1) is 0 Å². The van der Waals surface area contributed by atoms with Crippen LogP contribution in [0.2, 0.25) is 0 Å². The number of hydrogen-bond acceptors (Lipinski definition) is 5. The van der Waals surface area contributed by atoms with Crippen LogP contribution in [0, 0.1) is 0 Å². The van der Waals surface area contributed by atoms with Crippen LogP contribution in [0.4, 0.5) is 4.79 Å². The van der Waals surface area contributed by atoms with Crippen molar-refractivity contribution in [2.45, 2.75) is 32.4 Å². The number of benzene rings is 1. The van der Waals surface area contributed by atoms with Crippen LogP contribution in [0.3, 0.4) is 0 Å². The molecule has 1 atom stereocenters. The maximum absolute atomic E-state index is 12.4. The first-order valence-electron chi connectivity index (χ1n) is 7.39. The zero-order valence-electron chi connectivity index (χ0n) is 13.5. The van der Waals surface area contributed by atoms with Gasteiger partial charge in [-0.1, -0.05) is 12.1 Å². The number of methoxy groups -OCH3 is 1. The Morgan fingerprint density at radius 2 is 2.14 bits per heavy atom. The molecule has 1 aromatic carbocycles. The summed E-state index contributed by atoms with van der Waals surface area (Å²) in [6, 6.07) is 4.99. The molecular formula is C16H24N2O4. The summed E-state index contributed by atoms with van der Waals surface area (Å²) in [4.78, 5) is 14.1. The van der Waals surface area contributed by atoms with E-state index in [1.165, 1.54) is 7.11 Å². The van der Waals surface area contributed by atoms with Crippen molar-refractivity contribution < 1.29 is 19.4 Å². The standard InChI is InChI=1S/C16H24N2O4/c1-16(2,3)22-15(20)18-9-8-17-10-12(18)11-6-5-7-13(21-4)14(11)19/h5-7,12,17,19H,8-10H2,1-4H3. The predicted octanol–water partition coefficient (Wildman–Crippen LogP) is 2.28. The summed E-state index contributed by atoms with van der Waals surface area (Å²) in [5.74, 6) is 0.458. The molecule has 1 aromatic rings. The third-order valence-electron chi connectivity index (χ3n) is 3.48. The van der Waals surface area contributed by atoms with E-state index >= 15 is 0 Å². The van der Waals surface area contributed by atoms with Gasteiger partial charge in [-0.3, -0.25) is 4.90 Å². The molecule has 0 aromatic heterocycles. The van der Waals surface area contributed by atoms with E-state index in [-0.39, 0.29) is 17.9 Å². The number of phenols is 1. The molecule has 2 N–H and O–H groups in total. The molecule has 1 unspecified atom stereocenters. The Hall–Kier alpha value is -1.95. The molecule has 6 nitrogen and oxygen atoms in total. The molecule has 1 fully saturated rings. The van der Waals surface area contributed by atoms with Crippen molar-refractivity contribution in [3.8, 4) is 11.5 Å². The highest BCUT2D eigenvalue weighted by Gasteiger charge is 2.33. The number of piperazine rings is 1. The Morgan fingerprint density at radius 1 is 1.41 bits per heavy atom. The first-order chi connectivity index (χ1) is 10.3. The minimum Gasteiger partial charge on any atom is -0.504 e. The lowest BCUT2D eigenvalue weighted by atomic mass is 10.0. The smallest absolute Gasteiger partial charge is 0.410 e. The van der Waals surface area contributed by atoms with Crippen molar-refractivity contribution in [2.75, 3.05) is 26.7 Å². The third kappa shape index (κ3) is 3.62. The second-order valence-corrected chi connectivity index (χ2v) is 6.29. The Labute approximate surface area is 131 Å². The average Bonchev–Trinajstić information content (AvgIpc) is 2.46. The Balaban J connectivity index is 2.29. The highest BCUT2D eigenvalue weighted by atomic mass is 16.6. The summed E-state index contributed by atoms with van der Waals surface area (Å²) in [6.07, 6.45) is -0.374. The van der Waals surface area contributed by atoms with Crippen LogP contribution in [-0.2, 0) is 4.74 Å². The second kappa shape index (κ2) is 6.44. The Morgan fingerprint density at radius 3 is 2.77 bits per heavy atom. The molecule has 0 spiro atoms. The zero-order valence-corrected chi connectivity index (χ0v) is 13.5. The number of phenolic OH excluding ortho intramolecular Hbond substituents is 1. The fraction of sp³-hybridized carbons (Fsp3) is 0.562. The van der Waals surface area contributed by atoms with E-state index in [0.29, 0.717) is 30.9 Å². The van der Waals surface area contributed by atoms with E-state index in [0.717, 1.165) is 0 Å². The topological polar surface area (TPSA) is 71.0 Å². The van der Waals surface area contributed by atoms with Gasteiger partial charge in [0.1, 0.15) is 5.60 Å². The van der Waals surface area contributed by atoms with Gasteiger partial charge in [0.05, 0.1) is 13.2 Å². The van der Waals surface area contributed by atoms with Crippen LogP contribution in [0.5, 0.6) is 11.5 Å². The van der Waals surface area contributed by atoms with E-state index in [1.54, 1.807) is 23.1 Å². The molecule has 1 aliphatic heterocycles. The van der Waals surface area contributed by atoms with Crippen LogP contribution in [0.25, 0.3) is 0 Å². The SMILES string of the molecule is COc1cccc(C2CNCCN2C(=O)OC(C)(C)C)c1O. The molecule has 1 saturated heterocycles. The number of aromatic hydroxyl groups is 1. The van der Waals surface area contributed by atoms with Crippen LogP contribution in [0.15, 0.2) is 18.2 Å². The Bertz CT molecular complexity index is 539. The lowest BCUT2D eigenvalue weighted by Gasteiger charge is -2.37. The van der Waals surface area contributed by atoms with Gasteiger partial charge >= 0.3 is 6.09 Å². The molecule has 1 aliphatic rings. The molecule has 0 aliphatic carbocycles. The predicted molar refractivity (Wildman–Crippen MR) is 83.2 cm³/mol. The molecule has 22 heavy (non-hydrogen) atoms. The molecule has 1 amide bonds. The molecule has 122 valence electrons. The van der Waals surface area contributed by atoms with Gasteiger partial charge in [-0.05, 0) is 26.8 Å². The van der Waals surface area contributed by atoms with Gasteiger partial charge in [0, 0.05) is 25.2 Å². The van der Waals surface area contributed by atoms with Gasteiger partial charge in [-0.25, -0.2) is 4.79 Å². The molecule has 1 heterocycles. The largest absolute Gasteiger partial charge is 0.504 e. The van der Waals surface area contributed by atoms with Gasteiger partial charge in [-0.2, -0.15) is 0 Å². The number of rotatable bonds is 2. The van der Waals surface area contributed by atoms with Crippen molar-refractivity contribution >= 4 is 6.09 Å². The van der Waals surface area contributed by atoms with Crippen LogP contribution in [0.1, 0.15) is 32.4 Å². The molecule has 0 radical (unpaired) electrons. The van der Waals surface area contributed by atoms with Crippen molar-refractivity contribution in [1.29, 1.82) is 0 Å². The summed E-state index contributed by atoms with van der Waals surface area (Å²) in [7, 11) is 1.50. The van der Waals surface area contributed by atoms with Crippen molar-refractivity contribution in [1.82, 2.24) is 10.2 Å². The summed E-state index contributed by atoms with van der Waals surface area (Å²) in [5, 5.41) is 13.6. The number of para-hydroxylation sites is 1. The van der Waals surface area contributed by atoms with Crippen LogP contribution in [-0.4, -0.2) is 48.4 Å². The number of carbonyl (C=O) groups excluding carboxylic acids is 1. The molecular weight excluding hydrogens is 284 g/mol. The number of nitrogens with one attached hydrogen (secondary N) is 1. The minimum absolute atomic E-state index is 0.0623. The summed E-state index contributed by atoms with van der Waals surface area (Å²) in [5.41, 5.74) is 0.0977. The van der Waals surface area contributed by atoms with Gasteiger partial charge in [0.25, 0.3) is 0 Å². The lowest BCUT2D eigenvalue weighted by molar-refractivity contribution is 0.0115. The number of hydrogen-bond donors (Lipinski definition) is 2. The summed E-state index contributed by atoms with van der Waals surface area (Å²) < 4.78 is 10.6. The number of ether oxygens (including phenoxy) is 2. The van der Waals surface area contributed by atoms with E-state index in [1.807, 2.05) is 20.8 Å². The Kier molecular flexibility index (Phi) is 4.81. The highest BCUT2D eigenvalue weighted by Crippen LogP contribution is 2.36. The first kappa shape index (κ1) is 16.4. The normalized spacial score (nSPS) is 18.9. The van der Waals surface area contributed by atoms with Gasteiger partial charge in [0.15, 0.2) is 11.5 Å². The number of nitrogens with zero attached hydrogens (tertiary/aromatic N) is 1. The number of amides is 1. The molecule has 0 bridgehead atoms. The van der Waals surface area contributed by atoms with E-state index < -0.39 is 5.60 Å². The van der Waals surface area contributed by atoms with Crippen molar-refractivity contribution in [3.05, 3.63) is 23.8 Å². The van der Waals surface area contributed by atoms with E-state index in [9.17, 15) is 9.90 Å². The van der Waals surface area contributed by atoms with Crippen LogP contribution >= 0.6 is 0 Å². The molecule has 6 heteroatoms. The monoisotopic (exact) mass is 308 g/mol. The van der Waals surface area contributed by atoms with Gasteiger partial charge in [0.2, 0.25) is 0 Å². The highest BCUT2D eigenvalue weighted by molar-refractivity contribution is 5.69. The van der Waals surface area contributed by atoms with Gasteiger partial charge < -0.3 is 19.9 Å². The van der Waals surface area contributed by atoms with E-state index in [4.69, 9.17) is 9.47 Å². The second-order valence-electron chi connectivity index (χ2n) is 6.29. The molecule has 0 saturated carbocycles. The fourth-order valence-corrected chi connectivity index (χ4v) is 2.49. The van der Waals surface area contributed by atoms with Crippen molar-refractivity contribution in [3.63, 3.8) is 0 Å². The summed E-state index contributed by atoms with van der Waals surface area (Å²) in [6.45, 7) is 7.29. The zero-order chi connectivity index (χ0) is 16.3. The lowest BCUT2D eigenvalue weighted by Crippen LogP contribution is -2.50. The minimum atomic E-state index is -0.553. The van der Waals surface area contributed by atoms with E-state index in [2.05, 4.69) is 5.32 Å². The fourth-order valence-electron chi connectivity index (χ4n) is 2.49. The third-order valence-corrected chi connectivity index (χ3v) is 3.48. The maximum atomic E-state index is 12.4. The first-order valence-corrected chi connectivity index (χ1v) is 7.39. The van der Waals surface area contributed by atoms with Crippen LogP contribution < -0.4 is 10.1 Å². The summed E-state index contributed by atoms with van der Waals surface area (Å²) >= 11 is 0. The quantitative estimate of drug-likeness (QED) is 0.877. The molecule has 2 rings (SSSR count).